The number of carbonyl (C=O) groups excluding carboxylic acids is 1. The molecule has 21 heavy (non-hydrogen) atoms. The smallest absolute Gasteiger partial charge is 0.332 e. The number of hydrogen-bond donors (Lipinski definition) is 4. The number of sulfonamides is 1. The van der Waals surface area contributed by atoms with Crippen molar-refractivity contribution >= 4 is 27.6 Å². The molecule has 0 saturated heterocycles. The van der Waals surface area contributed by atoms with E-state index in [9.17, 15) is 18.0 Å². The molecule has 1 aliphatic heterocycles. The first kappa shape index (κ1) is 15.4. The summed E-state index contributed by atoms with van der Waals surface area (Å²) >= 11 is 0. The Bertz CT molecular complexity index is 685. The summed E-state index contributed by atoms with van der Waals surface area (Å²) in [6.07, 6.45) is -1.73. The number of aliphatic hydroxyl groups is 1. The average Bonchev–Trinajstić information content (AvgIpc) is 2.77. The summed E-state index contributed by atoms with van der Waals surface area (Å²) in [5.41, 5.74) is 1.17. The summed E-state index contributed by atoms with van der Waals surface area (Å²) in [5, 5.41) is 20.2. The van der Waals surface area contributed by atoms with Crippen LogP contribution in [0.25, 0.3) is 0 Å². The van der Waals surface area contributed by atoms with E-state index in [0.717, 1.165) is 0 Å². The van der Waals surface area contributed by atoms with E-state index in [2.05, 4.69) is 10.0 Å². The first-order valence-electron chi connectivity index (χ1n) is 6.13. The molecule has 1 aliphatic rings. The first-order chi connectivity index (χ1) is 9.79. The second-order valence-corrected chi connectivity index (χ2v) is 6.35. The summed E-state index contributed by atoms with van der Waals surface area (Å²) in [5.74, 6) is -1.60. The van der Waals surface area contributed by atoms with Gasteiger partial charge in [-0.25, -0.2) is 17.9 Å². The van der Waals surface area contributed by atoms with Gasteiger partial charge in [-0.3, -0.25) is 4.79 Å². The van der Waals surface area contributed by atoms with E-state index < -0.39 is 22.1 Å². The molecule has 1 aromatic rings. The lowest BCUT2D eigenvalue weighted by molar-refractivity contribution is -0.146. The fraction of sp³-hybridized carbons (Fsp3) is 0.333. The number of fused-ring (bicyclic) bond motifs is 1. The lowest BCUT2D eigenvalue weighted by atomic mass is 10.2. The molecule has 9 heteroatoms. The van der Waals surface area contributed by atoms with Crippen molar-refractivity contribution in [3.63, 3.8) is 0 Å². The molecule has 1 atom stereocenters. The van der Waals surface area contributed by atoms with Crippen LogP contribution in [-0.2, 0) is 26.0 Å². The molecule has 0 radical (unpaired) electrons. The standard InChI is InChI=1S/C12H14N2O6S/c15-10(12(17)18)3-4-13-21(19,20)8-1-2-9-7(5-8)6-11(16)14-9/h1-2,5,10,13,15H,3-4,6H2,(H,14,16)(H,17,18). The lowest BCUT2D eigenvalue weighted by Crippen LogP contribution is -2.30. The number of carbonyl (C=O) groups is 2. The highest BCUT2D eigenvalue weighted by Crippen LogP contribution is 2.25. The van der Waals surface area contributed by atoms with Crippen molar-refractivity contribution in [1.29, 1.82) is 0 Å². The van der Waals surface area contributed by atoms with Crippen LogP contribution in [0.4, 0.5) is 5.69 Å². The average molecular weight is 314 g/mol. The number of carboxylic acids is 1. The van der Waals surface area contributed by atoms with Crippen molar-refractivity contribution in [2.24, 2.45) is 0 Å². The molecular formula is C12H14N2O6S. The molecule has 4 N–H and O–H groups in total. The molecule has 8 nitrogen and oxygen atoms in total. The highest BCUT2D eigenvalue weighted by molar-refractivity contribution is 7.89. The van der Waals surface area contributed by atoms with Crippen LogP contribution in [0.1, 0.15) is 12.0 Å². The largest absolute Gasteiger partial charge is 0.479 e. The molecule has 1 amide bonds. The quantitative estimate of drug-likeness (QED) is 0.548. The van der Waals surface area contributed by atoms with Gasteiger partial charge in [-0.2, -0.15) is 0 Å². The molecular weight excluding hydrogens is 300 g/mol. The lowest BCUT2D eigenvalue weighted by Gasteiger charge is -2.09. The topological polar surface area (TPSA) is 133 Å². The van der Waals surface area contributed by atoms with Crippen molar-refractivity contribution in [2.75, 3.05) is 11.9 Å². The van der Waals surface area contributed by atoms with E-state index in [0.29, 0.717) is 11.3 Å². The van der Waals surface area contributed by atoms with Gasteiger partial charge in [0.1, 0.15) is 0 Å². The molecule has 0 aliphatic carbocycles. The van der Waals surface area contributed by atoms with Crippen LogP contribution in [0.5, 0.6) is 0 Å². The Morgan fingerprint density at radius 3 is 2.81 bits per heavy atom. The highest BCUT2D eigenvalue weighted by Gasteiger charge is 2.22. The molecule has 1 aromatic carbocycles. The Morgan fingerprint density at radius 2 is 2.14 bits per heavy atom. The van der Waals surface area contributed by atoms with Gasteiger partial charge < -0.3 is 15.5 Å². The number of hydrogen-bond acceptors (Lipinski definition) is 5. The number of aliphatic hydroxyl groups excluding tert-OH is 1. The molecule has 1 unspecified atom stereocenters. The Balaban J connectivity index is 2.05. The highest BCUT2D eigenvalue weighted by atomic mass is 32.2. The normalized spacial score (nSPS) is 15.4. The third-order valence-corrected chi connectivity index (χ3v) is 4.47. The molecule has 0 saturated carbocycles. The van der Waals surface area contributed by atoms with Gasteiger partial charge in [-0.1, -0.05) is 0 Å². The van der Waals surface area contributed by atoms with E-state index >= 15 is 0 Å². The van der Waals surface area contributed by atoms with E-state index in [-0.39, 0.29) is 30.2 Å². The van der Waals surface area contributed by atoms with Gasteiger partial charge in [0.15, 0.2) is 6.10 Å². The van der Waals surface area contributed by atoms with E-state index in [1.165, 1.54) is 18.2 Å². The predicted octanol–water partition coefficient (Wildman–Crippen LogP) is -0.705. The van der Waals surface area contributed by atoms with Gasteiger partial charge >= 0.3 is 5.97 Å². The fourth-order valence-electron chi connectivity index (χ4n) is 1.91. The minimum Gasteiger partial charge on any atom is -0.479 e. The number of anilines is 1. The molecule has 114 valence electrons. The number of benzene rings is 1. The van der Waals surface area contributed by atoms with Crippen LogP contribution in [0, 0.1) is 0 Å². The third kappa shape index (κ3) is 3.57. The molecule has 2 rings (SSSR count). The van der Waals surface area contributed by atoms with Crippen LogP contribution < -0.4 is 10.0 Å². The van der Waals surface area contributed by atoms with E-state index in [1.807, 2.05) is 0 Å². The van der Waals surface area contributed by atoms with Crippen molar-refractivity contribution in [3.8, 4) is 0 Å². The van der Waals surface area contributed by atoms with Gasteiger partial charge in [0.25, 0.3) is 0 Å². The Kier molecular flexibility index (Phi) is 4.26. The van der Waals surface area contributed by atoms with Crippen LogP contribution in [0.15, 0.2) is 23.1 Å². The number of carboxylic acid groups (broad SMARTS) is 1. The van der Waals surface area contributed by atoms with Crippen molar-refractivity contribution in [3.05, 3.63) is 23.8 Å². The minimum absolute atomic E-state index is 0.0115. The summed E-state index contributed by atoms with van der Waals surface area (Å²) < 4.78 is 26.2. The molecule has 1 heterocycles. The first-order valence-corrected chi connectivity index (χ1v) is 7.61. The number of amides is 1. The summed E-state index contributed by atoms with van der Waals surface area (Å²) in [4.78, 5) is 21.6. The predicted molar refractivity (Wildman–Crippen MR) is 72.2 cm³/mol. The second kappa shape index (κ2) is 5.80. The van der Waals surface area contributed by atoms with Crippen LogP contribution in [0.3, 0.4) is 0 Å². The van der Waals surface area contributed by atoms with Gasteiger partial charge in [-0.15, -0.1) is 0 Å². The van der Waals surface area contributed by atoms with Crippen molar-refractivity contribution < 1.29 is 28.2 Å². The minimum atomic E-state index is -3.81. The maximum atomic E-state index is 12.0. The van der Waals surface area contributed by atoms with Crippen molar-refractivity contribution in [2.45, 2.75) is 23.8 Å². The van der Waals surface area contributed by atoms with Crippen LogP contribution >= 0.6 is 0 Å². The van der Waals surface area contributed by atoms with Gasteiger partial charge in [0.05, 0.1) is 11.3 Å². The van der Waals surface area contributed by atoms with E-state index in [1.54, 1.807) is 0 Å². The molecule has 0 spiro atoms. The van der Waals surface area contributed by atoms with Gasteiger partial charge in [0.2, 0.25) is 15.9 Å². The van der Waals surface area contributed by atoms with E-state index in [4.69, 9.17) is 10.2 Å². The molecule has 0 bridgehead atoms. The maximum absolute atomic E-state index is 12.0. The molecule has 0 aromatic heterocycles. The summed E-state index contributed by atoms with van der Waals surface area (Å²) in [6, 6.07) is 4.24. The number of nitrogens with one attached hydrogen (secondary N) is 2. The SMILES string of the molecule is O=C1Cc2cc(S(=O)(=O)NCCC(O)C(=O)O)ccc2N1. The monoisotopic (exact) mass is 314 g/mol. The third-order valence-electron chi connectivity index (χ3n) is 3.01. The second-order valence-electron chi connectivity index (χ2n) is 4.58. The maximum Gasteiger partial charge on any atom is 0.332 e. The Labute approximate surface area is 120 Å². The summed E-state index contributed by atoms with van der Waals surface area (Å²) in [7, 11) is -3.81. The molecule has 0 fully saturated rings. The van der Waals surface area contributed by atoms with Gasteiger partial charge in [0, 0.05) is 12.2 Å². The number of rotatable bonds is 6. The zero-order chi connectivity index (χ0) is 15.6. The Morgan fingerprint density at radius 1 is 1.43 bits per heavy atom. The van der Waals surface area contributed by atoms with Gasteiger partial charge in [-0.05, 0) is 30.2 Å². The van der Waals surface area contributed by atoms with Crippen LogP contribution in [0.2, 0.25) is 0 Å². The summed E-state index contributed by atoms with van der Waals surface area (Å²) in [6.45, 7) is -0.204. The fourth-order valence-corrected chi connectivity index (χ4v) is 3.01. The van der Waals surface area contributed by atoms with Crippen LogP contribution in [-0.4, -0.2) is 43.2 Å². The zero-order valence-electron chi connectivity index (χ0n) is 10.9. The zero-order valence-corrected chi connectivity index (χ0v) is 11.7. The van der Waals surface area contributed by atoms with Crippen molar-refractivity contribution in [1.82, 2.24) is 4.72 Å². The number of aliphatic carboxylic acids is 1. The Hall–Kier alpha value is -1.97.